The second-order valence-electron chi connectivity index (χ2n) is 1.50. The van der Waals surface area contributed by atoms with Crippen molar-refractivity contribution in [2.24, 2.45) is 0 Å². The van der Waals surface area contributed by atoms with E-state index < -0.39 is 17.9 Å². The Bertz CT molecular complexity index is 125. The van der Waals surface area contributed by atoms with Gasteiger partial charge in [0.15, 0.2) is 0 Å². The summed E-state index contributed by atoms with van der Waals surface area (Å²) in [5.41, 5.74) is 0. The quantitative estimate of drug-likeness (QED) is 0.408. The van der Waals surface area contributed by atoms with Gasteiger partial charge in [0.1, 0.15) is 0 Å². The molecule has 0 amide bonds. The number of carbonyl (C=O) groups excluding carboxylic acids is 2. The van der Waals surface area contributed by atoms with Crippen LogP contribution in [0.3, 0.4) is 0 Å². The Morgan fingerprint density at radius 2 is 0.933 bits per heavy atom. The summed E-state index contributed by atoms with van der Waals surface area (Å²) >= 11 is 0. The third kappa shape index (κ3) is 2510. The molecule has 0 bridgehead atoms. The van der Waals surface area contributed by atoms with Crippen molar-refractivity contribution < 1.29 is 111 Å². The summed E-state index contributed by atoms with van der Waals surface area (Å²) in [4.78, 5) is 26.8. The van der Waals surface area contributed by atoms with Crippen molar-refractivity contribution in [1.29, 1.82) is 0 Å². The zero-order valence-electron chi connectivity index (χ0n) is 9.70. The van der Waals surface area contributed by atoms with E-state index in [1.807, 2.05) is 0 Å². The molecule has 0 aromatic carbocycles. The maximum absolute atomic E-state index is 9.00. The fourth-order valence-corrected chi connectivity index (χ4v) is 0. The number of carboxylic acids is 3. The number of carbonyl (C=O) groups is 3. The SMILES string of the molecule is CC(=O)O.CC(=O)[O-].CC(=O)[O-].N.[K+].[Na+]. The minimum Gasteiger partial charge on any atom is -0.550 e. The first-order valence-corrected chi connectivity index (χ1v) is 2.74. The molecule has 0 aromatic rings. The third-order valence-corrected chi connectivity index (χ3v) is 0. The van der Waals surface area contributed by atoms with Crippen molar-refractivity contribution in [3.8, 4) is 0 Å². The Kier molecular flexibility index (Phi) is 70.6. The number of hydrogen-bond acceptors (Lipinski definition) is 6. The Morgan fingerprint density at radius 1 is 0.933 bits per heavy atom. The first-order valence-electron chi connectivity index (χ1n) is 2.74. The van der Waals surface area contributed by atoms with E-state index in [4.69, 9.17) is 29.7 Å². The molecule has 0 aliphatic heterocycles. The maximum Gasteiger partial charge on any atom is 1.00 e. The number of rotatable bonds is 0. The van der Waals surface area contributed by atoms with Crippen molar-refractivity contribution >= 4 is 17.9 Å². The van der Waals surface area contributed by atoms with E-state index in [0.29, 0.717) is 0 Å². The van der Waals surface area contributed by atoms with Gasteiger partial charge in [0, 0.05) is 18.9 Å². The normalized spacial score (nSPS) is 5.00. The van der Waals surface area contributed by atoms with Crippen LogP contribution in [0.5, 0.6) is 0 Å². The Hall–Kier alpha value is 1.01. The van der Waals surface area contributed by atoms with E-state index in [1.54, 1.807) is 0 Å². The molecule has 0 unspecified atom stereocenters. The molecule has 15 heavy (non-hydrogen) atoms. The molecule has 0 fully saturated rings. The van der Waals surface area contributed by atoms with Crippen molar-refractivity contribution in [3.05, 3.63) is 0 Å². The molecule has 80 valence electrons. The van der Waals surface area contributed by atoms with Crippen LogP contribution in [0.1, 0.15) is 20.8 Å². The summed E-state index contributed by atoms with van der Waals surface area (Å²) in [7, 11) is 0. The Morgan fingerprint density at radius 3 is 0.933 bits per heavy atom. The molecule has 0 saturated carbocycles. The van der Waals surface area contributed by atoms with Gasteiger partial charge >= 0.3 is 80.9 Å². The molecule has 9 heteroatoms. The molecule has 0 aliphatic rings. The van der Waals surface area contributed by atoms with Gasteiger partial charge in [-0.25, -0.2) is 0 Å². The topological polar surface area (TPSA) is 153 Å². The maximum atomic E-state index is 9.00. The summed E-state index contributed by atoms with van der Waals surface area (Å²) in [6, 6.07) is 0. The number of hydrogen-bond donors (Lipinski definition) is 2. The van der Waals surface area contributed by atoms with Gasteiger partial charge in [-0.3, -0.25) is 4.79 Å². The second-order valence-corrected chi connectivity index (χ2v) is 1.50. The van der Waals surface area contributed by atoms with Gasteiger partial charge in [-0.15, -0.1) is 0 Å². The van der Waals surface area contributed by atoms with Crippen molar-refractivity contribution in [1.82, 2.24) is 6.15 Å². The van der Waals surface area contributed by atoms with Crippen LogP contribution in [0.2, 0.25) is 0 Å². The van der Waals surface area contributed by atoms with E-state index >= 15 is 0 Å². The summed E-state index contributed by atoms with van der Waals surface area (Å²) in [5, 5.41) is 25.2. The minimum absolute atomic E-state index is 0. The molecule has 0 spiro atoms. The van der Waals surface area contributed by atoms with Gasteiger partial charge in [-0.1, -0.05) is 0 Å². The van der Waals surface area contributed by atoms with Crippen molar-refractivity contribution in [2.75, 3.05) is 0 Å². The molecule has 0 heterocycles. The molecule has 4 N–H and O–H groups in total. The zero-order chi connectivity index (χ0) is 10.7. The van der Waals surface area contributed by atoms with Crippen LogP contribution in [0.4, 0.5) is 0 Å². The molecule has 0 rings (SSSR count). The fraction of sp³-hybridized carbons (Fsp3) is 0.500. The van der Waals surface area contributed by atoms with E-state index in [0.717, 1.165) is 20.8 Å². The van der Waals surface area contributed by atoms with Gasteiger partial charge < -0.3 is 31.1 Å². The van der Waals surface area contributed by atoms with Crippen LogP contribution in [0.25, 0.3) is 0 Å². The predicted molar refractivity (Wildman–Crippen MR) is 39.7 cm³/mol. The van der Waals surface area contributed by atoms with Crippen molar-refractivity contribution in [2.45, 2.75) is 20.8 Å². The van der Waals surface area contributed by atoms with Gasteiger partial charge in [0.05, 0.1) is 0 Å². The number of aliphatic carboxylic acids is 3. The predicted octanol–water partition coefficient (Wildman–Crippen LogP) is -8.23. The molecule has 0 saturated heterocycles. The monoisotopic (exact) mass is 257 g/mol. The van der Waals surface area contributed by atoms with Crippen LogP contribution in [-0.2, 0) is 14.4 Å². The van der Waals surface area contributed by atoms with Gasteiger partial charge in [0.25, 0.3) is 5.97 Å². The minimum atomic E-state index is -1.08. The molecule has 0 atom stereocenters. The molecule has 0 aliphatic carbocycles. The van der Waals surface area contributed by atoms with Crippen LogP contribution in [0, 0.1) is 0 Å². The summed E-state index contributed by atoms with van der Waals surface area (Å²) < 4.78 is 0. The van der Waals surface area contributed by atoms with Gasteiger partial charge in [-0.2, -0.15) is 0 Å². The van der Waals surface area contributed by atoms with E-state index in [1.165, 1.54) is 0 Å². The summed E-state index contributed by atoms with van der Waals surface area (Å²) in [6.45, 7) is 3.03. The zero-order valence-corrected chi connectivity index (χ0v) is 14.8. The standard InChI is InChI=1S/3C2H4O2.K.H3N.Na/c3*1-2(3)4;;;/h3*1H3,(H,3,4);;1H3;/q;;;+1;;+1/p-2. The molecule has 0 aromatic heterocycles. The molecular formula is C6H13KNNaO6. The van der Waals surface area contributed by atoms with Crippen LogP contribution >= 0.6 is 0 Å². The van der Waals surface area contributed by atoms with Gasteiger partial charge in [0.2, 0.25) is 0 Å². The third-order valence-electron chi connectivity index (χ3n) is 0. The van der Waals surface area contributed by atoms with E-state index in [9.17, 15) is 0 Å². The first kappa shape index (κ1) is 36.0. The molecular weight excluding hydrogens is 244 g/mol. The average molecular weight is 257 g/mol. The van der Waals surface area contributed by atoms with E-state index in [-0.39, 0.29) is 87.1 Å². The smallest absolute Gasteiger partial charge is 0.550 e. The van der Waals surface area contributed by atoms with E-state index in [2.05, 4.69) is 0 Å². The van der Waals surface area contributed by atoms with Gasteiger partial charge in [-0.05, 0) is 13.8 Å². The Labute approximate surface area is 153 Å². The molecule has 7 nitrogen and oxygen atoms in total. The van der Waals surface area contributed by atoms with Crippen LogP contribution in [-0.4, -0.2) is 23.0 Å². The largest absolute Gasteiger partial charge is 1.00 e. The molecule has 0 radical (unpaired) electrons. The summed E-state index contributed by atoms with van der Waals surface area (Å²) in [6.07, 6.45) is 0. The fourth-order valence-electron chi connectivity index (χ4n) is 0. The Balaban J connectivity index is -0.0000000184. The first-order chi connectivity index (χ1) is 5.20. The average Bonchev–Trinajstić information content (AvgIpc) is 1.54. The number of carboxylic acid groups (broad SMARTS) is 3. The summed E-state index contributed by atoms with van der Waals surface area (Å²) in [5.74, 6) is -3.00. The van der Waals surface area contributed by atoms with Crippen molar-refractivity contribution in [3.63, 3.8) is 0 Å². The second kappa shape index (κ2) is 29.4. The van der Waals surface area contributed by atoms with Crippen LogP contribution < -0.4 is 97.3 Å². The van der Waals surface area contributed by atoms with Crippen LogP contribution in [0.15, 0.2) is 0 Å².